The van der Waals surface area contributed by atoms with Crippen LogP contribution in [0, 0.1) is 0 Å². The fourth-order valence-corrected chi connectivity index (χ4v) is 2.74. The number of methoxy groups -OCH3 is 1. The number of piperidine rings is 1. The zero-order valence-electron chi connectivity index (χ0n) is 12.3. The van der Waals surface area contributed by atoms with Crippen molar-refractivity contribution >= 4 is 0 Å². The van der Waals surface area contributed by atoms with Gasteiger partial charge in [-0.2, -0.15) is 0 Å². The summed E-state index contributed by atoms with van der Waals surface area (Å²) in [6, 6.07) is 6.27. The predicted molar refractivity (Wildman–Crippen MR) is 76.9 cm³/mol. The van der Waals surface area contributed by atoms with Crippen LogP contribution in [-0.2, 0) is 17.8 Å². The number of nitrogens with one attached hydrogen (secondary N) is 1. The van der Waals surface area contributed by atoms with Gasteiger partial charge in [0, 0.05) is 26.7 Å². The molecule has 1 aliphatic rings. The zero-order chi connectivity index (χ0) is 13.7. The molecular formula is C15H25N3O. The second-order valence-corrected chi connectivity index (χ2v) is 5.62. The van der Waals surface area contributed by atoms with Gasteiger partial charge in [0.25, 0.3) is 0 Å². The van der Waals surface area contributed by atoms with E-state index in [-0.39, 0.29) is 5.60 Å². The summed E-state index contributed by atoms with van der Waals surface area (Å²) in [5.74, 6) is 0. The topological polar surface area (TPSA) is 37.4 Å². The molecule has 1 unspecified atom stereocenters. The third kappa shape index (κ3) is 4.00. The molecule has 1 atom stereocenters. The van der Waals surface area contributed by atoms with E-state index < -0.39 is 0 Å². The molecule has 0 saturated carbocycles. The molecule has 1 aromatic heterocycles. The zero-order valence-corrected chi connectivity index (χ0v) is 12.3. The van der Waals surface area contributed by atoms with Crippen molar-refractivity contribution in [2.75, 3.05) is 27.2 Å². The van der Waals surface area contributed by atoms with Crippen molar-refractivity contribution in [3.8, 4) is 0 Å². The van der Waals surface area contributed by atoms with Crippen LogP contribution < -0.4 is 5.32 Å². The molecule has 0 radical (unpaired) electrons. The standard InChI is InChI=1S/C15H25N3O/c1-15(19-3)8-5-9-18(12-15)11-14-7-4-6-13(17-14)10-16-2/h4,6-7,16H,5,8-12H2,1-3H3. The fourth-order valence-electron chi connectivity index (χ4n) is 2.74. The third-order valence-electron chi connectivity index (χ3n) is 3.84. The number of hydrogen-bond acceptors (Lipinski definition) is 4. The minimum atomic E-state index is 0.000828. The largest absolute Gasteiger partial charge is 0.377 e. The molecule has 2 heterocycles. The SMILES string of the molecule is CNCc1cccc(CN2CCCC(C)(OC)C2)n1. The van der Waals surface area contributed by atoms with Gasteiger partial charge in [-0.1, -0.05) is 6.07 Å². The predicted octanol–water partition coefficient (Wildman–Crippen LogP) is 1.80. The van der Waals surface area contributed by atoms with Gasteiger partial charge in [-0.05, 0) is 45.5 Å². The third-order valence-corrected chi connectivity index (χ3v) is 3.84. The normalized spacial score (nSPS) is 24.6. The van der Waals surface area contributed by atoms with Gasteiger partial charge in [0.05, 0.1) is 17.0 Å². The Hall–Kier alpha value is -0.970. The van der Waals surface area contributed by atoms with Crippen LogP contribution in [0.2, 0.25) is 0 Å². The van der Waals surface area contributed by atoms with Crippen LogP contribution in [0.5, 0.6) is 0 Å². The van der Waals surface area contributed by atoms with Gasteiger partial charge in [0.15, 0.2) is 0 Å². The van der Waals surface area contributed by atoms with E-state index in [0.717, 1.165) is 44.0 Å². The van der Waals surface area contributed by atoms with Crippen molar-refractivity contribution in [2.45, 2.75) is 38.5 Å². The van der Waals surface area contributed by atoms with E-state index in [4.69, 9.17) is 4.74 Å². The molecule has 0 bridgehead atoms. The van der Waals surface area contributed by atoms with Crippen molar-refractivity contribution < 1.29 is 4.74 Å². The summed E-state index contributed by atoms with van der Waals surface area (Å²) in [5.41, 5.74) is 2.25. The van der Waals surface area contributed by atoms with Crippen LogP contribution in [0.4, 0.5) is 0 Å². The van der Waals surface area contributed by atoms with Gasteiger partial charge in [-0.15, -0.1) is 0 Å². The van der Waals surface area contributed by atoms with Gasteiger partial charge in [0.1, 0.15) is 0 Å². The molecular weight excluding hydrogens is 238 g/mol. The van der Waals surface area contributed by atoms with Gasteiger partial charge in [-0.3, -0.25) is 9.88 Å². The lowest BCUT2D eigenvalue weighted by Gasteiger charge is -2.39. The quantitative estimate of drug-likeness (QED) is 0.879. The van der Waals surface area contributed by atoms with Crippen LogP contribution in [0.1, 0.15) is 31.2 Å². The van der Waals surface area contributed by atoms with E-state index in [9.17, 15) is 0 Å². The molecule has 1 saturated heterocycles. The highest BCUT2D eigenvalue weighted by molar-refractivity contribution is 5.11. The number of likely N-dealkylation sites (tertiary alicyclic amines) is 1. The number of hydrogen-bond donors (Lipinski definition) is 1. The lowest BCUT2D eigenvalue weighted by molar-refractivity contribution is -0.0529. The molecule has 106 valence electrons. The highest BCUT2D eigenvalue weighted by atomic mass is 16.5. The van der Waals surface area contributed by atoms with Gasteiger partial charge < -0.3 is 10.1 Å². The van der Waals surface area contributed by atoms with Crippen molar-refractivity contribution in [2.24, 2.45) is 0 Å². The molecule has 4 heteroatoms. The summed E-state index contributed by atoms with van der Waals surface area (Å²) < 4.78 is 5.64. The first-order valence-corrected chi connectivity index (χ1v) is 7.02. The Bertz CT molecular complexity index is 410. The van der Waals surface area contributed by atoms with Gasteiger partial charge in [-0.25, -0.2) is 0 Å². The van der Waals surface area contributed by atoms with Gasteiger partial charge >= 0.3 is 0 Å². The summed E-state index contributed by atoms with van der Waals surface area (Å²) in [5, 5.41) is 3.14. The van der Waals surface area contributed by atoms with Crippen LogP contribution in [0.3, 0.4) is 0 Å². The molecule has 0 aliphatic carbocycles. The molecule has 1 N–H and O–H groups in total. The van der Waals surface area contributed by atoms with Crippen LogP contribution in [-0.4, -0.2) is 42.7 Å². The van der Waals surface area contributed by atoms with Crippen LogP contribution >= 0.6 is 0 Å². The van der Waals surface area contributed by atoms with Crippen molar-refractivity contribution in [3.05, 3.63) is 29.6 Å². The van der Waals surface area contributed by atoms with E-state index in [0.29, 0.717) is 0 Å². The average Bonchev–Trinajstić information content (AvgIpc) is 2.40. The number of pyridine rings is 1. The van der Waals surface area contributed by atoms with Gasteiger partial charge in [0.2, 0.25) is 0 Å². The smallest absolute Gasteiger partial charge is 0.0777 e. The van der Waals surface area contributed by atoms with Crippen molar-refractivity contribution in [3.63, 3.8) is 0 Å². The lowest BCUT2D eigenvalue weighted by Crippen LogP contribution is -2.46. The van der Waals surface area contributed by atoms with E-state index in [1.54, 1.807) is 0 Å². The maximum absolute atomic E-state index is 5.64. The first kappa shape index (κ1) is 14.4. The molecule has 0 spiro atoms. The highest BCUT2D eigenvalue weighted by Gasteiger charge is 2.30. The first-order valence-electron chi connectivity index (χ1n) is 7.02. The molecule has 2 rings (SSSR count). The number of nitrogens with zero attached hydrogens (tertiary/aromatic N) is 2. The Balaban J connectivity index is 1.98. The maximum Gasteiger partial charge on any atom is 0.0777 e. The molecule has 0 aromatic carbocycles. The summed E-state index contributed by atoms with van der Waals surface area (Å²) in [7, 11) is 3.76. The molecule has 4 nitrogen and oxygen atoms in total. The summed E-state index contributed by atoms with van der Waals surface area (Å²) in [6.45, 7) is 6.06. The first-order chi connectivity index (χ1) is 9.15. The van der Waals surface area contributed by atoms with E-state index in [1.807, 2.05) is 14.2 Å². The molecule has 1 fully saturated rings. The summed E-state index contributed by atoms with van der Waals surface area (Å²) in [4.78, 5) is 7.13. The summed E-state index contributed by atoms with van der Waals surface area (Å²) >= 11 is 0. The Morgan fingerprint density at radius 2 is 2.21 bits per heavy atom. The minimum absolute atomic E-state index is 0.000828. The van der Waals surface area contributed by atoms with Crippen LogP contribution in [0.15, 0.2) is 18.2 Å². The minimum Gasteiger partial charge on any atom is -0.377 e. The monoisotopic (exact) mass is 263 g/mol. The number of ether oxygens (including phenoxy) is 1. The molecule has 0 amide bonds. The second kappa shape index (κ2) is 6.46. The Morgan fingerprint density at radius 1 is 1.42 bits per heavy atom. The van der Waals surface area contributed by atoms with E-state index in [1.165, 1.54) is 6.42 Å². The Labute approximate surface area is 116 Å². The van der Waals surface area contributed by atoms with E-state index >= 15 is 0 Å². The highest BCUT2D eigenvalue weighted by Crippen LogP contribution is 2.24. The fraction of sp³-hybridized carbons (Fsp3) is 0.667. The summed E-state index contributed by atoms with van der Waals surface area (Å²) in [6.07, 6.45) is 2.34. The number of rotatable bonds is 5. The van der Waals surface area contributed by atoms with Crippen molar-refractivity contribution in [1.29, 1.82) is 0 Å². The second-order valence-electron chi connectivity index (χ2n) is 5.62. The lowest BCUT2D eigenvalue weighted by atomic mass is 9.94. The Kier molecular flexibility index (Phi) is 4.91. The van der Waals surface area contributed by atoms with Crippen molar-refractivity contribution in [1.82, 2.24) is 15.2 Å². The average molecular weight is 263 g/mol. The van der Waals surface area contributed by atoms with E-state index in [2.05, 4.69) is 40.3 Å². The maximum atomic E-state index is 5.64. The number of aromatic nitrogens is 1. The van der Waals surface area contributed by atoms with Crippen LogP contribution in [0.25, 0.3) is 0 Å². The molecule has 1 aromatic rings. The molecule has 1 aliphatic heterocycles. The molecule has 19 heavy (non-hydrogen) atoms. The Morgan fingerprint density at radius 3 is 2.95 bits per heavy atom.